The van der Waals surface area contributed by atoms with Gasteiger partial charge in [-0.15, -0.1) is 11.8 Å². The molecule has 1 N–H and O–H groups in total. The molecule has 0 radical (unpaired) electrons. The van der Waals surface area contributed by atoms with Crippen LogP contribution in [0.1, 0.15) is 31.4 Å². The van der Waals surface area contributed by atoms with E-state index in [9.17, 15) is 4.79 Å². The minimum Gasteiger partial charge on any atom is -0.465 e. The van der Waals surface area contributed by atoms with E-state index in [1.807, 2.05) is 13.8 Å². The van der Waals surface area contributed by atoms with Crippen molar-refractivity contribution in [1.29, 1.82) is 0 Å². The number of hydrogen-bond acceptors (Lipinski definition) is 4. The molecule has 4 heteroatoms. The first-order chi connectivity index (χ1) is 9.58. The number of ether oxygens (including phenoxy) is 1. The molecule has 0 aliphatic rings. The summed E-state index contributed by atoms with van der Waals surface area (Å²) in [4.78, 5) is 13.1. The largest absolute Gasteiger partial charge is 0.465 e. The van der Waals surface area contributed by atoms with E-state index in [4.69, 9.17) is 4.74 Å². The fourth-order valence-electron chi connectivity index (χ4n) is 2.04. The van der Waals surface area contributed by atoms with Crippen molar-refractivity contribution >= 4 is 17.7 Å². The Balaban J connectivity index is 2.49. The number of carbonyl (C=O) groups is 1. The van der Waals surface area contributed by atoms with Gasteiger partial charge in [-0.25, -0.2) is 0 Å². The summed E-state index contributed by atoms with van der Waals surface area (Å²) >= 11 is 1.80. The van der Waals surface area contributed by atoms with Crippen LogP contribution >= 0.6 is 11.8 Å². The molecule has 1 aromatic carbocycles. The Morgan fingerprint density at radius 2 is 2.10 bits per heavy atom. The average molecular weight is 295 g/mol. The molecule has 0 aliphatic carbocycles. The van der Waals surface area contributed by atoms with Crippen LogP contribution in [-0.2, 0) is 9.53 Å². The van der Waals surface area contributed by atoms with Crippen LogP contribution in [-0.4, -0.2) is 30.9 Å². The lowest BCUT2D eigenvalue weighted by molar-refractivity contribution is -0.145. The maximum Gasteiger partial charge on any atom is 0.323 e. The van der Waals surface area contributed by atoms with Crippen LogP contribution < -0.4 is 5.32 Å². The number of benzene rings is 1. The topological polar surface area (TPSA) is 38.3 Å². The number of nitrogens with one attached hydrogen (secondary N) is 1. The van der Waals surface area contributed by atoms with Gasteiger partial charge in [0.05, 0.1) is 6.61 Å². The minimum atomic E-state index is -0.196. The molecule has 0 aromatic heterocycles. The van der Waals surface area contributed by atoms with Gasteiger partial charge in [0.2, 0.25) is 0 Å². The quantitative estimate of drug-likeness (QED) is 0.590. The molecule has 1 atom stereocenters. The summed E-state index contributed by atoms with van der Waals surface area (Å²) in [5.74, 6) is 0.760. The molecule has 0 amide bonds. The van der Waals surface area contributed by atoms with Crippen molar-refractivity contribution < 1.29 is 9.53 Å². The summed E-state index contributed by atoms with van der Waals surface area (Å²) in [6.07, 6.45) is 0.782. The van der Waals surface area contributed by atoms with E-state index in [-0.39, 0.29) is 12.0 Å². The Hall–Kier alpha value is -1.00. The Morgan fingerprint density at radius 3 is 2.70 bits per heavy atom. The molecule has 0 heterocycles. The second-order valence-electron chi connectivity index (χ2n) is 4.77. The van der Waals surface area contributed by atoms with E-state index in [1.165, 1.54) is 16.0 Å². The molecule has 3 nitrogen and oxygen atoms in total. The third-order valence-electron chi connectivity index (χ3n) is 3.02. The molecule has 1 unspecified atom stereocenters. The predicted molar refractivity (Wildman–Crippen MR) is 85.4 cm³/mol. The number of carbonyl (C=O) groups excluding carboxylic acids is 1. The van der Waals surface area contributed by atoms with Crippen LogP contribution in [0.4, 0.5) is 0 Å². The van der Waals surface area contributed by atoms with Gasteiger partial charge in [0, 0.05) is 10.6 Å². The molecule has 0 aliphatic heterocycles. The SMILES string of the molecule is CCNC(CCSc1ccc(C)cc1C)C(=O)OCC. The molecule has 20 heavy (non-hydrogen) atoms. The third-order valence-corrected chi connectivity index (χ3v) is 4.23. The Morgan fingerprint density at radius 1 is 1.35 bits per heavy atom. The van der Waals surface area contributed by atoms with Crippen LogP contribution in [0.25, 0.3) is 0 Å². The molecule has 0 fully saturated rings. The van der Waals surface area contributed by atoms with Gasteiger partial charge in [0.25, 0.3) is 0 Å². The van der Waals surface area contributed by atoms with Crippen molar-refractivity contribution in [3.8, 4) is 0 Å². The first kappa shape index (κ1) is 17.1. The van der Waals surface area contributed by atoms with Gasteiger partial charge in [-0.1, -0.05) is 24.6 Å². The zero-order valence-electron chi connectivity index (χ0n) is 12.9. The van der Waals surface area contributed by atoms with Gasteiger partial charge < -0.3 is 10.1 Å². The average Bonchev–Trinajstić information content (AvgIpc) is 2.40. The molecular formula is C16H25NO2S. The molecule has 0 bridgehead atoms. The number of thioether (sulfide) groups is 1. The number of esters is 1. The van der Waals surface area contributed by atoms with Crippen LogP contribution in [0.5, 0.6) is 0 Å². The number of hydrogen-bond donors (Lipinski definition) is 1. The molecule has 112 valence electrons. The van der Waals surface area contributed by atoms with Crippen LogP contribution in [0.15, 0.2) is 23.1 Å². The highest BCUT2D eigenvalue weighted by molar-refractivity contribution is 7.99. The van der Waals surface area contributed by atoms with Crippen LogP contribution in [0, 0.1) is 13.8 Å². The van der Waals surface area contributed by atoms with Gasteiger partial charge in [-0.3, -0.25) is 4.79 Å². The molecule has 0 saturated heterocycles. The lowest BCUT2D eigenvalue weighted by Crippen LogP contribution is -2.38. The summed E-state index contributed by atoms with van der Waals surface area (Å²) in [7, 11) is 0. The number of rotatable bonds is 8. The van der Waals surface area contributed by atoms with E-state index in [2.05, 4.69) is 37.4 Å². The van der Waals surface area contributed by atoms with Crippen molar-refractivity contribution in [2.75, 3.05) is 18.9 Å². The third kappa shape index (κ3) is 5.55. The van der Waals surface area contributed by atoms with Gasteiger partial charge in [0.1, 0.15) is 6.04 Å². The van der Waals surface area contributed by atoms with Gasteiger partial charge in [-0.2, -0.15) is 0 Å². The molecule has 0 saturated carbocycles. The summed E-state index contributed by atoms with van der Waals surface area (Å²) in [6, 6.07) is 6.28. The second kappa shape index (κ2) is 9.03. The van der Waals surface area contributed by atoms with Crippen molar-refractivity contribution in [1.82, 2.24) is 5.32 Å². The Kier molecular flexibility index (Phi) is 7.70. The Labute approximate surface area is 126 Å². The van der Waals surface area contributed by atoms with Crippen molar-refractivity contribution in [2.45, 2.75) is 45.1 Å². The molecule has 1 rings (SSSR count). The van der Waals surface area contributed by atoms with E-state index in [1.54, 1.807) is 11.8 Å². The highest BCUT2D eigenvalue weighted by Gasteiger charge is 2.18. The number of aryl methyl sites for hydroxylation is 2. The first-order valence-corrected chi connectivity index (χ1v) is 8.17. The van der Waals surface area contributed by atoms with Crippen molar-refractivity contribution in [3.05, 3.63) is 29.3 Å². The summed E-state index contributed by atoms with van der Waals surface area (Å²) < 4.78 is 5.09. The monoisotopic (exact) mass is 295 g/mol. The summed E-state index contributed by atoms with van der Waals surface area (Å²) in [5, 5.41) is 3.19. The second-order valence-corrected chi connectivity index (χ2v) is 5.91. The lowest BCUT2D eigenvalue weighted by atomic mass is 10.2. The fourth-order valence-corrected chi connectivity index (χ4v) is 3.06. The van der Waals surface area contributed by atoms with Crippen molar-refractivity contribution in [3.63, 3.8) is 0 Å². The zero-order valence-corrected chi connectivity index (χ0v) is 13.7. The summed E-state index contributed by atoms with van der Waals surface area (Å²) in [6.45, 7) is 9.28. The zero-order chi connectivity index (χ0) is 15.0. The highest BCUT2D eigenvalue weighted by Crippen LogP contribution is 2.24. The van der Waals surface area contributed by atoms with Crippen molar-refractivity contribution in [2.24, 2.45) is 0 Å². The van der Waals surface area contributed by atoms with Gasteiger partial charge in [0.15, 0.2) is 0 Å². The molecular weight excluding hydrogens is 270 g/mol. The summed E-state index contributed by atoms with van der Waals surface area (Å²) in [5.41, 5.74) is 2.58. The van der Waals surface area contributed by atoms with Crippen LogP contribution in [0.2, 0.25) is 0 Å². The van der Waals surface area contributed by atoms with E-state index >= 15 is 0 Å². The Bertz CT molecular complexity index is 434. The standard InChI is InChI=1S/C16H25NO2S/c1-5-17-14(16(18)19-6-2)9-10-20-15-8-7-12(3)11-13(15)4/h7-8,11,14,17H,5-6,9-10H2,1-4H3. The lowest BCUT2D eigenvalue weighted by Gasteiger charge is -2.16. The smallest absolute Gasteiger partial charge is 0.323 e. The minimum absolute atomic E-state index is 0.143. The van der Waals surface area contributed by atoms with E-state index in [0.717, 1.165) is 18.7 Å². The van der Waals surface area contributed by atoms with Gasteiger partial charge in [-0.05, 0) is 45.4 Å². The molecule has 0 spiro atoms. The first-order valence-electron chi connectivity index (χ1n) is 7.18. The normalized spacial score (nSPS) is 12.2. The fraction of sp³-hybridized carbons (Fsp3) is 0.562. The molecule has 1 aromatic rings. The highest BCUT2D eigenvalue weighted by atomic mass is 32.2. The maximum absolute atomic E-state index is 11.8. The maximum atomic E-state index is 11.8. The van der Waals surface area contributed by atoms with E-state index in [0.29, 0.717) is 6.61 Å². The van der Waals surface area contributed by atoms with Gasteiger partial charge >= 0.3 is 5.97 Å². The number of likely N-dealkylation sites (N-methyl/N-ethyl adjacent to an activating group) is 1. The van der Waals surface area contributed by atoms with E-state index < -0.39 is 0 Å². The predicted octanol–water partition coefficient (Wildman–Crippen LogP) is 3.33. The van der Waals surface area contributed by atoms with Crippen LogP contribution in [0.3, 0.4) is 0 Å².